The van der Waals surface area contributed by atoms with Crippen molar-refractivity contribution in [1.29, 1.82) is 0 Å². The van der Waals surface area contributed by atoms with Gasteiger partial charge in [-0.25, -0.2) is 0 Å². The van der Waals surface area contributed by atoms with Crippen molar-refractivity contribution in [2.75, 3.05) is 0 Å². The number of halogens is 2. The molecule has 0 aromatic heterocycles. The molecule has 0 radical (unpaired) electrons. The van der Waals surface area contributed by atoms with E-state index in [1.165, 1.54) is 0 Å². The Balaban J connectivity index is 2.75. The van der Waals surface area contributed by atoms with Gasteiger partial charge in [0.2, 0.25) is 0 Å². The van der Waals surface area contributed by atoms with Gasteiger partial charge in [-0.2, -0.15) is 0 Å². The molecule has 0 bridgehead atoms. The van der Waals surface area contributed by atoms with E-state index in [-0.39, 0.29) is 0 Å². The number of benzene rings is 1. The topological polar surface area (TPSA) is 0 Å². The summed E-state index contributed by atoms with van der Waals surface area (Å²) in [4.78, 5) is 0. The molecule has 3 heteroatoms. The van der Waals surface area contributed by atoms with Gasteiger partial charge in [0.25, 0.3) is 0 Å². The third-order valence-corrected chi connectivity index (χ3v) is 1.85. The molecule has 0 fully saturated rings. The van der Waals surface area contributed by atoms with Crippen LogP contribution in [0, 0.1) is 11.6 Å². The summed E-state index contributed by atoms with van der Waals surface area (Å²) in [6.07, 6.45) is 0. The van der Waals surface area contributed by atoms with Gasteiger partial charge in [0.1, 0.15) is 0 Å². The fourth-order valence-electron chi connectivity index (χ4n) is 0.628. The maximum atomic E-state index is 5.48. The van der Waals surface area contributed by atoms with Crippen LogP contribution in [-0.2, 0) is 0 Å². The molecule has 0 amide bonds. The lowest BCUT2D eigenvalue weighted by molar-refractivity contribution is 1.65. The highest BCUT2D eigenvalue weighted by atomic mass is 35.9. The minimum absolute atomic E-state index is 0.946. The molecular weight excluding hydrogens is 198 g/mol. The molecule has 0 N–H and O–H groups in total. The van der Waals surface area contributed by atoms with E-state index in [0.717, 1.165) is 5.56 Å². The average molecular weight is 203 g/mol. The molecule has 1 aromatic carbocycles. The lowest BCUT2D eigenvalue weighted by Crippen LogP contribution is -1.67. The first-order chi connectivity index (χ1) is 5.29. The van der Waals surface area contributed by atoms with Crippen molar-refractivity contribution in [3.8, 4) is 11.6 Å². The SMILES string of the molecule is ClP(Cl)C#Cc1ccccc1. The van der Waals surface area contributed by atoms with E-state index in [4.69, 9.17) is 22.5 Å². The molecule has 0 unspecified atom stereocenters. The van der Waals surface area contributed by atoms with Crippen molar-refractivity contribution in [2.24, 2.45) is 0 Å². The van der Waals surface area contributed by atoms with Gasteiger partial charge in [-0.05, 0) is 17.8 Å². The normalized spacial score (nSPS) is 9.00. The second-order valence-corrected chi connectivity index (χ2v) is 5.07. The number of hydrogen-bond donors (Lipinski definition) is 0. The predicted molar refractivity (Wildman–Crippen MR) is 51.9 cm³/mol. The Bertz CT molecular complexity index is 271. The maximum Gasteiger partial charge on any atom is 0.162 e. The zero-order valence-corrected chi connectivity index (χ0v) is 8.00. The molecule has 0 nitrogen and oxygen atoms in total. The molecule has 11 heavy (non-hydrogen) atoms. The minimum atomic E-state index is -1.14. The second-order valence-electron chi connectivity index (χ2n) is 1.84. The highest BCUT2D eigenvalue weighted by Crippen LogP contribution is 2.45. The quantitative estimate of drug-likeness (QED) is 0.444. The van der Waals surface area contributed by atoms with Crippen LogP contribution in [0.2, 0.25) is 0 Å². The van der Waals surface area contributed by atoms with Crippen LogP contribution in [0.1, 0.15) is 5.56 Å². The smallest absolute Gasteiger partial charge is 0.0632 e. The van der Waals surface area contributed by atoms with Crippen LogP contribution in [0.3, 0.4) is 0 Å². The Morgan fingerprint density at radius 2 is 1.73 bits per heavy atom. The minimum Gasteiger partial charge on any atom is -0.0632 e. The van der Waals surface area contributed by atoms with Gasteiger partial charge in [0.05, 0.1) is 0 Å². The monoisotopic (exact) mass is 202 g/mol. The van der Waals surface area contributed by atoms with Gasteiger partial charge >= 0.3 is 0 Å². The largest absolute Gasteiger partial charge is 0.162 e. The van der Waals surface area contributed by atoms with E-state index >= 15 is 0 Å². The Labute approximate surface area is 76.9 Å². The summed E-state index contributed by atoms with van der Waals surface area (Å²) in [5.74, 6) is 2.86. The van der Waals surface area contributed by atoms with Gasteiger partial charge in [-0.1, -0.05) is 46.6 Å². The van der Waals surface area contributed by atoms with Crippen LogP contribution < -0.4 is 0 Å². The molecule has 0 aliphatic rings. The first-order valence-electron chi connectivity index (χ1n) is 2.97. The molecule has 0 atom stereocenters. The van der Waals surface area contributed by atoms with Crippen LogP contribution in [0.25, 0.3) is 0 Å². The van der Waals surface area contributed by atoms with Gasteiger partial charge in [-0.15, -0.1) is 0 Å². The molecular formula is C8H5Cl2P. The average Bonchev–Trinajstić information content (AvgIpc) is 2.03. The highest BCUT2D eigenvalue weighted by molar-refractivity contribution is 8.07. The molecule has 0 heterocycles. The van der Waals surface area contributed by atoms with E-state index < -0.39 is 6.63 Å². The maximum absolute atomic E-state index is 5.48. The Morgan fingerprint density at radius 1 is 1.09 bits per heavy atom. The summed E-state index contributed by atoms with van der Waals surface area (Å²) in [6.45, 7) is -1.14. The van der Waals surface area contributed by atoms with Crippen LogP contribution >= 0.6 is 29.1 Å². The summed E-state index contributed by atoms with van der Waals surface area (Å²) in [5, 5.41) is 0. The number of rotatable bonds is 0. The summed E-state index contributed by atoms with van der Waals surface area (Å²) in [7, 11) is 0. The van der Waals surface area contributed by atoms with Crippen LogP contribution in [0.15, 0.2) is 30.3 Å². The molecule has 0 aliphatic heterocycles. The zero-order chi connectivity index (χ0) is 8.10. The first-order valence-corrected chi connectivity index (χ1v) is 6.12. The Morgan fingerprint density at radius 3 is 2.27 bits per heavy atom. The first kappa shape index (κ1) is 8.88. The van der Waals surface area contributed by atoms with Gasteiger partial charge in [0, 0.05) is 5.56 Å². The predicted octanol–water partition coefficient (Wildman–Crippen LogP) is 3.79. The molecule has 0 aliphatic carbocycles. The number of hydrogen-bond acceptors (Lipinski definition) is 0. The molecule has 1 aromatic rings. The Hall–Kier alpha value is -0.210. The van der Waals surface area contributed by atoms with E-state index in [2.05, 4.69) is 11.6 Å². The molecule has 1 rings (SSSR count). The summed E-state index contributed by atoms with van der Waals surface area (Å²) >= 11 is 11.0. The summed E-state index contributed by atoms with van der Waals surface area (Å²) in [5.41, 5.74) is 3.65. The van der Waals surface area contributed by atoms with Gasteiger partial charge < -0.3 is 0 Å². The Kier molecular flexibility index (Phi) is 3.73. The van der Waals surface area contributed by atoms with Crippen molar-refractivity contribution in [3.63, 3.8) is 0 Å². The van der Waals surface area contributed by atoms with Crippen LogP contribution in [0.5, 0.6) is 0 Å². The molecule has 56 valence electrons. The van der Waals surface area contributed by atoms with Gasteiger partial charge in [-0.3, -0.25) is 0 Å². The van der Waals surface area contributed by atoms with Crippen LogP contribution in [-0.4, -0.2) is 0 Å². The van der Waals surface area contributed by atoms with E-state index in [0.29, 0.717) is 0 Å². The van der Waals surface area contributed by atoms with Crippen molar-refractivity contribution >= 4 is 29.1 Å². The molecule has 0 spiro atoms. The second kappa shape index (κ2) is 4.62. The van der Waals surface area contributed by atoms with Crippen LogP contribution in [0.4, 0.5) is 0 Å². The lowest BCUT2D eigenvalue weighted by atomic mass is 10.2. The van der Waals surface area contributed by atoms with Gasteiger partial charge in [0.15, 0.2) is 6.63 Å². The fraction of sp³-hybridized carbons (Fsp3) is 0. The molecule has 0 saturated heterocycles. The molecule has 0 saturated carbocycles. The van der Waals surface area contributed by atoms with Crippen molar-refractivity contribution < 1.29 is 0 Å². The zero-order valence-electron chi connectivity index (χ0n) is 5.59. The third-order valence-electron chi connectivity index (χ3n) is 1.06. The van der Waals surface area contributed by atoms with E-state index in [1.807, 2.05) is 30.3 Å². The standard InChI is InChI=1S/C8H5Cl2P/c9-11(10)7-6-8-4-2-1-3-5-8/h1-5H. The van der Waals surface area contributed by atoms with E-state index in [1.54, 1.807) is 0 Å². The third kappa shape index (κ3) is 3.63. The fourth-order valence-corrected chi connectivity index (χ4v) is 1.10. The lowest BCUT2D eigenvalue weighted by Gasteiger charge is -1.86. The highest BCUT2D eigenvalue weighted by Gasteiger charge is 1.88. The summed E-state index contributed by atoms with van der Waals surface area (Å²) < 4.78 is 0. The van der Waals surface area contributed by atoms with Crippen molar-refractivity contribution in [1.82, 2.24) is 0 Å². The van der Waals surface area contributed by atoms with Crippen molar-refractivity contribution in [3.05, 3.63) is 35.9 Å². The van der Waals surface area contributed by atoms with Crippen molar-refractivity contribution in [2.45, 2.75) is 0 Å². The summed E-state index contributed by atoms with van der Waals surface area (Å²) in [6, 6.07) is 9.62. The van der Waals surface area contributed by atoms with E-state index in [9.17, 15) is 0 Å².